The minimum absolute atomic E-state index is 0.512. The van der Waals surface area contributed by atoms with Gasteiger partial charge in [0.15, 0.2) is 0 Å². The second-order valence-corrected chi connectivity index (χ2v) is 6.42. The summed E-state index contributed by atoms with van der Waals surface area (Å²) in [6.45, 7) is 10.0. The molecule has 0 saturated heterocycles. The van der Waals surface area contributed by atoms with E-state index in [4.69, 9.17) is 0 Å². The zero-order chi connectivity index (χ0) is 13.4. The van der Waals surface area contributed by atoms with Crippen LogP contribution in [0.1, 0.15) is 52.1 Å². The lowest BCUT2D eigenvalue weighted by molar-refractivity contribution is 0.448. The summed E-state index contributed by atoms with van der Waals surface area (Å²) < 4.78 is 0. The lowest BCUT2D eigenvalue weighted by Crippen LogP contribution is -2.21. The van der Waals surface area contributed by atoms with Crippen molar-refractivity contribution in [3.63, 3.8) is 0 Å². The molecular formula is C16H27NS. The highest BCUT2D eigenvalue weighted by molar-refractivity contribution is 7.99. The number of nitrogens with one attached hydrogen (secondary N) is 1. The Bertz CT molecular complexity index is 318. The Kier molecular flexibility index (Phi) is 7.45. The molecule has 1 nitrogen and oxygen atoms in total. The van der Waals surface area contributed by atoms with Gasteiger partial charge in [-0.25, -0.2) is 0 Å². The van der Waals surface area contributed by atoms with Crippen molar-refractivity contribution in [2.75, 3.05) is 12.3 Å². The summed E-state index contributed by atoms with van der Waals surface area (Å²) in [6, 6.07) is 9.59. The predicted molar refractivity (Wildman–Crippen MR) is 83.3 cm³/mol. The average Bonchev–Trinajstić information content (AvgIpc) is 2.36. The van der Waals surface area contributed by atoms with Gasteiger partial charge in [-0.05, 0) is 48.8 Å². The molecule has 0 radical (unpaired) electrons. The number of benzene rings is 1. The van der Waals surface area contributed by atoms with Crippen LogP contribution in [0.3, 0.4) is 0 Å². The molecule has 0 heterocycles. The van der Waals surface area contributed by atoms with Crippen LogP contribution in [0.4, 0.5) is 0 Å². The second kappa shape index (κ2) is 8.60. The molecule has 0 saturated carbocycles. The van der Waals surface area contributed by atoms with Gasteiger partial charge < -0.3 is 5.32 Å². The monoisotopic (exact) mass is 265 g/mol. The molecule has 0 fully saturated rings. The lowest BCUT2D eigenvalue weighted by atomic mass is 9.97. The summed E-state index contributed by atoms with van der Waals surface area (Å²) in [5.41, 5.74) is 1.43. The van der Waals surface area contributed by atoms with Crippen molar-refractivity contribution in [3.8, 4) is 0 Å². The SMILES string of the molecule is CCNC(CCC(C)C)c1ccc(SCC)cc1. The molecule has 1 aromatic carbocycles. The smallest absolute Gasteiger partial charge is 0.0320 e. The molecule has 1 rings (SSSR count). The van der Waals surface area contributed by atoms with Crippen LogP contribution in [0.5, 0.6) is 0 Å². The van der Waals surface area contributed by atoms with Gasteiger partial charge in [-0.1, -0.05) is 39.8 Å². The zero-order valence-corrected chi connectivity index (χ0v) is 13.0. The first kappa shape index (κ1) is 15.6. The van der Waals surface area contributed by atoms with Gasteiger partial charge in [0.25, 0.3) is 0 Å². The number of thioether (sulfide) groups is 1. The highest BCUT2D eigenvalue weighted by Crippen LogP contribution is 2.24. The molecule has 0 bridgehead atoms. The normalized spacial score (nSPS) is 12.9. The molecule has 102 valence electrons. The van der Waals surface area contributed by atoms with Gasteiger partial charge in [-0.15, -0.1) is 11.8 Å². The van der Waals surface area contributed by atoms with Crippen molar-refractivity contribution in [3.05, 3.63) is 29.8 Å². The van der Waals surface area contributed by atoms with E-state index in [1.54, 1.807) is 0 Å². The third-order valence-electron chi connectivity index (χ3n) is 3.08. The highest BCUT2D eigenvalue weighted by atomic mass is 32.2. The Morgan fingerprint density at radius 3 is 2.22 bits per heavy atom. The van der Waals surface area contributed by atoms with Crippen LogP contribution < -0.4 is 5.32 Å². The maximum Gasteiger partial charge on any atom is 0.0320 e. The van der Waals surface area contributed by atoms with E-state index in [1.807, 2.05) is 11.8 Å². The van der Waals surface area contributed by atoms with E-state index in [9.17, 15) is 0 Å². The second-order valence-electron chi connectivity index (χ2n) is 5.08. The Hall–Kier alpha value is -0.470. The molecular weight excluding hydrogens is 238 g/mol. The van der Waals surface area contributed by atoms with E-state index in [-0.39, 0.29) is 0 Å². The minimum atomic E-state index is 0.512. The van der Waals surface area contributed by atoms with Crippen LogP contribution in [0, 0.1) is 5.92 Å². The molecule has 0 aromatic heterocycles. The topological polar surface area (TPSA) is 12.0 Å². The Morgan fingerprint density at radius 2 is 1.72 bits per heavy atom. The van der Waals surface area contributed by atoms with E-state index < -0.39 is 0 Å². The fourth-order valence-electron chi connectivity index (χ4n) is 2.10. The van der Waals surface area contributed by atoms with E-state index >= 15 is 0 Å². The molecule has 0 aliphatic carbocycles. The van der Waals surface area contributed by atoms with Crippen molar-refractivity contribution in [1.29, 1.82) is 0 Å². The third-order valence-corrected chi connectivity index (χ3v) is 3.97. The minimum Gasteiger partial charge on any atom is -0.310 e. The molecule has 0 amide bonds. The first-order chi connectivity index (χ1) is 8.67. The Balaban J connectivity index is 2.65. The Morgan fingerprint density at radius 1 is 1.06 bits per heavy atom. The molecule has 0 aliphatic heterocycles. The van der Waals surface area contributed by atoms with Crippen LogP contribution in [0.2, 0.25) is 0 Å². The highest BCUT2D eigenvalue weighted by Gasteiger charge is 2.10. The molecule has 1 unspecified atom stereocenters. The van der Waals surface area contributed by atoms with Gasteiger partial charge in [-0.3, -0.25) is 0 Å². The van der Waals surface area contributed by atoms with Crippen molar-refractivity contribution in [1.82, 2.24) is 5.32 Å². The molecule has 1 atom stereocenters. The first-order valence-electron chi connectivity index (χ1n) is 7.13. The van der Waals surface area contributed by atoms with Crippen molar-refractivity contribution < 1.29 is 0 Å². The summed E-state index contributed by atoms with van der Waals surface area (Å²) in [5, 5.41) is 3.60. The summed E-state index contributed by atoms with van der Waals surface area (Å²) in [6.07, 6.45) is 2.51. The van der Waals surface area contributed by atoms with Crippen LogP contribution in [-0.4, -0.2) is 12.3 Å². The zero-order valence-electron chi connectivity index (χ0n) is 12.2. The first-order valence-corrected chi connectivity index (χ1v) is 8.12. The molecule has 1 N–H and O–H groups in total. The Labute approximate surface area is 117 Å². The standard InChI is InChI=1S/C16H27NS/c1-5-17-16(12-7-13(3)4)14-8-10-15(11-9-14)18-6-2/h8-11,13,16-17H,5-7,12H2,1-4H3. The van der Waals surface area contributed by atoms with Crippen LogP contribution in [0.25, 0.3) is 0 Å². The molecule has 2 heteroatoms. The average molecular weight is 265 g/mol. The molecule has 18 heavy (non-hydrogen) atoms. The summed E-state index contributed by atoms with van der Waals surface area (Å²) in [4.78, 5) is 1.38. The van der Waals surface area contributed by atoms with Crippen LogP contribution >= 0.6 is 11.8 Å². The predicted octanol–water partition coefficient (Wildman–Crippen LogP) is 4.89. The maximum absolute atomic E-state index is 3.60. The third kappa shape index (κ3) is 5.45. The van der Waals surface area contributed by atoms with Crippen molar-refractivity contribution in [2.24, 2.45) is 5.92 Å². The van der Waals surface area contributed by atoms with Gasteiger partial charge in [0.2, 0.25) is 0 Å². The lowest BCUT2D eigenvalue weighted by Gasteiger charge is -2.19. The molecule has 0 aliphatic rings. The summed E-state index contributed by atoms with van der Waals surface area (Å²) >= 11 is 1.91. The van der Waals surface area contributed by atoms with Gasteiger partial charge in [0, 0.05) is 10.9 Å². The summed E-state index contributed by atoms with van der Waals surface area (Å²) in [5.74, 6) is 1.92. The quantitative estimate of drug-likeness (QED) is 0.672. The van der Waals surface area contributed by atoms with E-state index in [2.05, 4.69) is 57.3 Å². The van der Waals surface area contributed by atoms with Crippen LogP contribution in [-0.2, 0) is 0 Å². The van der Waals surface area contributed by atoms with Gasteiger partial charge >= 0.3 is 0 Å². The number of rotatable bonds is 8. The van der Waals surface area contributed by atoms with Gasteiger partial charge in [-0.2, -0.15) is 0 Å². The fourth-order valence-corrected chi connectivity index (χ4v) is 2.76. The molecule has 1 aromatic rings. The van der Waals surface area contributed by atoms with E-state index in [1.165, 1.54) is 23.3 Å². The number of hydrogen-bond acceptors (Lipinski definition) is 2. The van der Waals surface area contributed by atoms with E-state index in [0.717, 1.165) is 18.2 Å². The van der Waals surface area contributed by atoms with Gasteiger partial charge in [0.1, 0.15) is 0 Å². The van der Waals surface area contributed by atoms with Crippen LogP contribution in [0.15, 0.2) is 29.2 Å². The maximum atomic E-state index is 3.60. The summed E-state index contributed by atoms with van der Waals surface area (Å²) in [7, 11) is 0. The van der Waals surface area contributed by atoms with E-state index in [0.29, 0.717) is 6.04 Å². The largest absolute Gasteiger partial charge is 0.310 e. The van der Waals surface area contributed by atoms with Gasteiger partial charge in [0.05, 0.1) is 0 Å². The number of hydrogen-bond donors (Lipinski definition) is 1. The van der Waals surface area contributed by atoms with Crippen molar-refractivity contribution >= 4 is 11.8 Å². The fraction of sp³-hybridized carbons (Fsp3) is 0.625. The molecule has 0 spiro atoms. The van der Waals surface area contributed by atoms with Crippen molar-refractivity contribution in [2.45, 2.75) is 51.5 Å².